The maximum Gasteiger partial charge on any atom is 0.318 e. The van der Waals surface area contributed by atoms with E-state index in [0.717, 1.165) is 44.5 Å². The topological polar surface area (TPSA) is 160 Å². The number of primary amides is 1. The molecular formula is C29H40F2N8O4. The molecule has 12 nitrogen and oxygen atoms in total. The molecule has 3 aromatic rings. The lowest BCUT2D eigenvalue weighted by atomic mass is 9.91. The average Bonchev–Trinajstić information content (AvgIpc) is 3.40. The number of halogens is 2. The monoisotopic (exact) mass is 602 g/mol. The Morgan fingerprint density at radius 2 is 1.91 bits per heavy atom. The summed E-state index contributed by atoms with van der Waals surface area (Å²) in [6, 6.07) is 0.628. The maximum atomic E-state index is 14.7. The van der Waals surface area contributed by atoms with E-state index in [0.29, 0.717) is 62.4 Å². The van der Waals surface area contributed by atoms with E-state index in [-0.39, 0.29) is 36.3 Å². The van der Waals surface area contributed by atoms with Crippen LogP contribution in [0, 0.1) is 11.6 Å². The van der Waals surface area contributed by atoms with E-state index in [9.17, 15) is 18.4 Å². The van der Waals surface area contributed by atoms with Crippen LogP contribution in [0.5, 0.6) is 0 Å². The van der Waals surface area contributed by atoms with Gasteiger partial charge in [-0.25, -0.2) is 28.5 Å². The SMILES string of the molecule is CCOCCOCCCCCN(CC(N)=O)C(=O)N[C@@H]1CCC[C@H](Nc2nc(-c3c[nH]c4ncc(F)cc34)ncc2F)C1. The first-order chi connectivity index (χ1) is 20.8. The molecule has 0 unspecified atom stereocenters. The highest BCUT2D eigenvalue weighted by Crippen LogP contribution is 2.28. The smallest absolute Gasteiger partial charge is 0.318 e. The van der Waals surface area contributed by atoms with Crippen LogP contribution in [-0.4, -0.2) is 88.4 Å². The van der Waals surface area contributed by atoms with Gasteiger partial charge in [-0.05, 0) is 57.9 Å². The van der Waals surface area contributed by atoms with Crippen molar-refractivity contribution in [2.24, 2.45) is 5.73 Å². The number of fused-ring (bicyclic) bond motifs is 1. The number of aromatic nitrogens is 4. The van der Waals surface area contributed by atoms with Crippen molar-refractivity contribution >= 4 is 28.8 Å². The molecule has 1 aliphatic rings. The minimum Gasteiger partial charge on any atom is -0.379 e. The zero-order chi connectivity index (χ0) is 30.6. The maximum absolute atomic E-state index is 14.7. The molecule has 1 saturated carbocycles. The highest BCUT2D eigenvalue weighted by atomic mass is 19.1. The van der Waals surface area contributed by atoms with Crippen LogP contribution in [0.25, 0.3) is 22.4 Å². The molecule has 0 bridgehead atoms. The summed E-state index contributed by atoms with van der Waals surface area (Å²) in [6.45, 7) is 4.55. The lowest BCUT2D eigenvalue weighted by Crippen LogP contribution is -2.50. The Hall–Kier alpha value is -3.91. The number of ether oxygens (including phenoxy) is 2. The highest BCUT2D eigenvalue weighted by Gasteiger charge is 2.27. The van der Waals surface area contributed by atoms with Gasteiger partial charge in [-0.1, -0.05) is 0 Å². The summed E-state index contributed by atoms with van der Waals surface area (Å²) < 4.78 is 39.3. The van der Waals surface area contributed by atoms with Gasteiger partial charge in [-0.3, -0.25) is 4.79 Å². The number of urea groups is 1. The Morgan fingerprint density at radius 1 is 1.09 bits per heavy atom. The second-order valence-corrected chi connectivity index (χ2v) is 10.6. The largest absolute Gasteiger partial charge is 0.379 e. The van der Waals surface area contributed by atoms with Gasteiger partial charge < -0.3 is 35.7 Å². The summed E-state index contributed by atoms with van der Waals surface area (Å²) in [5, 5.41) is 6.67. The Kier molecular flexibility index (Phi) is 12.0. The Morgan fingerprint density at radius 3 is 2.72 bits per heavy atom. The molecule has 0 aromatic carbocycles. The second kappa shape index (κ2) is 16.1. The molecule has 0 saturated heterocycles. The number of nitrogens with one attached hydrogen (secondary N) is 3. The third-order valence-electron chi connectivity index (χ3n) is 7.25. The standard InChI is InChI=1S/C29H40F2N8O4/c1-2-42-11-12-43-10-5-3-4-9-39(18-25(32)40)29(41)37-21-8-6-7-20(14-21)36-28-24(31)17-35-27(38-28)23-16-34-26-22(23)13-19(30)15-33-26/h13,15-17,20-21H,2-12,14,18H2,1H3,(H2,32,40)(H,33,34)(H,37,41)(H,35,36,38)/t20-,21+/m0/s1. The number of rotatable bonds is 16. The van der Waals surface area contributed by atoms with Crippen molar-refractivity contribution in [2.75, 3.05) is 44.8 Å². The van der Waals surface area contributed by atoms with Crippen LogP contribution < -0.4 is 16.4 Å². The predicted molar refractivity (Wildman–Crippen MR) is 157 cm³/mol. The molecule has 0 radical (unpaired) electrons. The van der Waals surface area contributed by atoms with Gasteiger partial charge in [-0.2, -0.15) is 0 Å². The van der Waals surface area contributed by atoms with Crippen LogP contribution in [0.3, 0.4) is 0 Å². The summed E-state index contributed by atoms with van der Waals surface area (Å²) >= 11 is 0. The van der Waals surface area contributed by atoms with Gasteiger partial charge in [0.05, 0.1) is 25.6 Å². The number of amides is 3. The number of carbonyl (C=O) groups is 2. The molecule has 43 heavy (non-hydrogen) atoms. The zero-order valence-electron chi connectivity index (χ0n) is 24.4. The van der Waals surface area contributed by atoms with Crippen LogP contribution in [0.1, 0.15) is 51.9 Å². The van der Waals surface area contributed by atoms with Gasteiger partial charge in [0.15, 0.2) is 17.5 Å². The molecule has 4 rings (SSSR count). The molecule has 0 aliphatic heterocycles. The molecule has 14 heteroatoms. The van der Waals surface area contributed by atoms with Crippen LogP contribution >= 0.6 is 0 Å². The van der Waals surface area contributed by atoms with E-state index in [4.69, 9.17) is 15.2 Å². The van der Waals surface area contributed by atoms with Crippen LogP contribution in [0.4, 0.5) is 19.4 Å². The summed E-state index contributed by atoms with van der Waals surface area (Å²) in [5.74, 6) is -1.45. The number of H-pyrrole nitrogens is 1. The number of nitrogens with two attached hydrogens (primary N) is 1. The number of anilines is 1. The summed E-state index contributed by atoms with van der Waals surface area (Å²) in [4.78, 5) is 41.6. The van der Waals surface area contributed by atoms with Crippen molar-refractivity contribution in [2.45, 2.75) is 64.0 Å². The van der Waals surface area contributed by atoms with E-state index in [1.165, 1.54) is 11.0 Å². The molecular weight excluding hydrogens is 562 g/mol. The Balaban J connectivity index is 1.30. The van der Waals surface area contributed by atoms with E-state index in [1.807, 2.05) is 6.92 Å². The molecule has 5 N–H and O–H groups in total. The quantitative estimate of drug-likeness (QED) is 0.180. The van der Waals surface area contributed by atoms with Gasteiger partial charge in [0.1, 0.15) is 18.0 Å². The third-order valence-corrected chi connectivity index (χ3v) is 7.25. The second-order valence-electron chi connectivity index (χ2n) is 10.6. The third kappa shape index (κ3) is 9.55. The molecule has 3 amide bonds. The van der Waals surface area contributed by atoms with Crippen molar-refractivity contribution in [1.82, 2.24) is 30.2 Å². The van der Waals surface area contributed by atoms with Crippen molar-refractivity contribution in [3.63, 3.8) is 0 Å². The minimum absolute atomic E-state index is 0.0258. The number of hydrogen-bond acceptors (Lipinski definition) is 8. The van der Waals surface area contributed by atoms with Gasteiger partial charge >= 0.3 is 6.03 Å². The van der Waals surface area contributed by atoms with E-state index in [2.05, 4.69) is 30.6 Å². The van der Waals surface area contributed by atoms with Crippen molar-refractivity contribution < 1.29 is 27.8 Å². The average molecular weight is 603 g/mol. The first-order valence-electron chi connectivity index (χ1n) is 14.7. The van der Waals surface area contributed by atoms with Crippen molar-refractivity contribution in [3.8, 4) is 11.4 Å². The number of carbonyl (C=O) groups excluding carboxylic acids is 2. The minimum atomic E-state index is -0.619. The molecule has 1 fully saturated rings. The molecule has 2 atom stereocenters. The molecule has 1 aliphatic carbocycles. The number of aromatic amines is 1. The predicted octanol–water partition coefficient (Wildman–Crippen LogP) is 3.74. The first kappa shape index (κ1) is 32.0. The fraction of sp³-hybridized carbons (Fsp3) is 0.552. The van der Waals surface area contributed by atoms with Crippen LogP contribution in [0.15, 0.2) is 24.7 Å². The van der Waals surface area contributed by atoms with Crippen molar-refractivity contribution in [3.05, 3.63) is 36.3 Å². The van der Waals surface area contributed by atoms with Crippen molar-refractivity contribution in [1.29, 1.82) is 0 Å². The summed E-state index contributed by atoms with van der Waals surface area (Å²) in [7, 11) is 0. The fourth-order valence-electron chi connectivity index (χ4n) is 5.16. The van der Waals surface area contributed by atoms with E-state index < -0.39 is 17.5 Å². The summed E-state index contributed by atoms with van der Waals surface area (Å²) in [6.07, 6.45) is 9.01. The van der Waals surface area contributed by atoms with Crippen LogP contribution in [-0.2, 0) is 14.3 Å². The first-order valence-corrected chi connectivity index (χ1v) is 14.7. The van der Waals surface area contributed by atoms with Gasteiger partial charge in [0.2, 0.25) is 5.91 Å². The number of pyridine rings is 1. The zero-order valence-corrected chi connectivity index (χ0v) is 24.4. The van der Waals surface area contributed by atoms with Gasteiger partial charge in [0.25, 0.3) is 0 Å². The molecule has 3 aromatic heterocycles. The van der Waals surface area contributed by atoms with E-state index in [1.54, 1.807) is 6.20 Å². The Bertz CT molecular complexity index is 1360. The fourth-order valence-corrected chi connectivity index (χ4v) is 5.16. The van der Waals surface area contributed by atoms with Crippen LogP contribution in [0.2, 0.25) is 0 Å². The number of hydrogen-bond donors (Lipinski definition) is 4. The highest BCUT2D eigenvalue weighted by molar-refractivity contribution is 5.91. The molecule has 0 spiro atoms. The van der Waals surface area contributed by atoms with Gasteiger partial charge in [-0.15, -0.1) is 0 Å². The number of unbranched alkanes of at least 4 members (excludes halogenated alkanes) is 2. The molecule has 234 valence electrons. The van der Waals surface area contributed by atoms with E-state index >= 15 is 0 Å². The summed E-state index contributed by atoms with van der Waals surface area (Å²) in [5.41, 5.74) is 6.38. The number of nitrogens with zero attached hydrogens (tertiary/aromatic N) is 4. The normalized spacial score (nSPS) is 16.7. The lowest BCUT2D eigenvalue weighted by Gasteiger charge is -2.32. The Labute approximate surface area is 249 Å². The van der Waals surface area contributed by atoms with Gasteiger partial charge in [0, 0.05) is 49.0 Å². The molecule has 3 heterocycles. The lowest BCUT2D eigenvalue weighted by molar-refractivity contribution is -0.118.